The lowest BCUT2D eigenvalue weighted by Crippen LogP contribution is -2.19. The van der Waals surface area contributed by atoms with Crippen LogP contribution in [0.4, 0.5) is 0 Å². The molecule has 0 aromatic carbocycles. The van der Waals surface area contributed by atoms with E-state index in [1.807, 2.05) is 0 Å². The summed E-state index contributed by atoms with van der Waals surface area (Å²) in [6.07, 6.45) is 3.31. The molecule has 0 aliphatic carbocycles. The summed E-state index contributed by atoms with van der Waals surface area (Å²) >= 11 is 0. The van der Waals surface area contributed by atoms with E-state index in [-0.39, 0.29) is 0 Å². The van der Waals surface area contributed by atoms with Crippen molar-refractivity contribution in [2.24, 2.45) is 0 Å². The first-order valence-corrected chi connectivity index (χ1v) is 4.38. The van der Waals surface area contributed by atoms with Crippen molar-refractivity contribution in [1.29, 1.82) is 0 Å². The summed E-state index contributed by atoms with van der Waals surface area (Å²) in [6, 6.07) is 0. The Morgan fingerprint density at radius 2 is 1.92 bits per heavy atom. The van der Waals surface area contributed by atoms with Crippen molar-refractivity contribution in [2.75, 3.05) is 0 Å². The first-order valence-electron chi connectivity index (χ1n) is 4.38. The number of hydrogen-bond donors (Lipinski definition) is 1. The zero-order valence-corrected chi connectivity index (χ0v) is 8.65. The van der Waals surface area contributed by atoms with Crippen LogP contribution >= 0.6 is 0 Å². The largest absolute Gasteiger partial charge is 0.386 e. The third-order valence-electron chi connectivity index (χ3n) is 2.30. The Morgan fingerprint density at radius 1 is 1.42 bits per heavy atom. The van der Waals surface area contributed by atoms with Crippen LogP contribution in [0.5, 0.6) is 0 Å². The normalized spacial score (nSPS) is 15.1. The van der Waals surface area contributed by atoms with E-state index in [0.29, 0.717) is 0 Å². The molecule has 12 heavy (non-hydrogen) atoms. The van der Waals surface area contributed by atoms with Crippen LogP contribution in [0, 0.1) is 0 Å². The van der Waals surface area contributed by atoms with Gasteiger partial charge in [0.15, 0.2) is 0 Å². The van der Waals surface area contributed by atoms with Gasteiger partial charge in [-0.15, -0.1) is 6.58 Å². The van der Waals surface area contributed by atoms with Crippen molar-refractivity contribution in [3.05, 3.63) is 23.8 Å². The molecular formula is C11H20O. The van der Waals surface area contributed by atoms with Crippen molar-refractivity contribution < 1.29 is 5.11 Å². The molecule has 0 aliphatic rings. The molecule has 70 valence electrons. The summed E-state index contributed by atoms with van der Waals surface area (Å²) in [5, 5.41) is 9.61. The highest BCUT2D eigenvalue weighted by Gasteiger charge is 2.14. The minimum Gasteiger partial charge on any atom is -0.386 e. The third-order valence-corrected chi connectivity index (χ3v) is 2.30. The SMILES string of the molecule is C=CC(C)(O)CCC(C)=C(C)C. The number of aliphatic hydroxyl groups is 1. The molecule has 0 radical (unpaired) electrons. The van der Waals surface area contributed by atoms with Crippen molar-refractivity contribution in [3.63, 3.8) is 0 Å². The van der Waals surface area contributed by atoms with Gasteiger partial charge in [0.2, 0.25) is 0 Å². The molecule has 0 saturated carbocycles. The van der Waals surface area contributed by atoms with Gasteiger partial charge in [-0.1, -0.05) is 17.2 Å². The van der Waals surface area contributed by atoms with E-state index in [1.165, 1.54) is 11.1 Å². The Balaban J connectivity index is 4.00. The van der Waals surface area contributed by atoms with Crippen LogP contribution in [0.3, 0.4) is 0 Å². The molecular weight excluding hydrogens is 148 g/mol. The van der Waals surface area contributed by atoms with Gasteiger partial charge in [-0.25, -0.2) is 0 Å². The van der Waals surface area contributed by atoms with E-state index in [2.05, 4.69) is 27.4 Å². The summed E-state index contributed by atoms with van der Waals surface area (Å²) in [7, 11) is 0. The topological polar surface area (TPSA) is 20.2 Å². The maximum absolute atomic E-state index is 9.61. The Hall–Kier alpha value is -0.560. The quantitative estimate of drug-likeness (QED) is 0.640. The maximum atomic E-state index is 9.61. The van der Waals surface area contributed by atoms with Gasteiger partial charge in [0.25, 0.3) is 0 Å². The lowest BCUT2D eigenvalue weighted by atomic mass is 9.96. The molecule has 1 nitrogen and oxygen atoms in total. The van der Waals surface area contributed by atoms with E-state index in [9.17, 15) is 5.11 Å². The number of rotatable bonds is 4. The Bertz CT molecular complexity index is 183. The van der Waals surface area contributed by atoms with Gasteiger partial charge < -0.3 is 5.11 Å². The van der Waals surface area contributed by atoms with Crippen LogP contribution in [0.1, 0.15) is 40.5 Å². The second-order valence-corrected chi connectivity index (χ2v) is 3.84. The van der Waals surface area contributed by atoms with E-state index in [1.54, 1.807) is 13.0 Å². The molecule has 0 rings (SSSR count). The molecule has 1 N–H and O–H groups in total. The van der Waals surface area contributed by atoms with Crippen LogP contribution in [-0.2, 0) is 0 Å². The van der Waals surface area contributed by atoms with Crippen LogP contribution < -0.4 is 0 Å². The highest BCUT2D eigenvalue weighted by molar-refractivity contribution is 5.08. The summed E-state index contributed by atoms with van der Waals surface area (Å²) in [5.74, 6) is 0. The summed E-state index contributed by atoms with van der Waals surface area (Å²) in [5.41, 5.74) is 1.99. The molecule has 0 fully saturated rings. The molecule has 0 spiro atoms. The lowest BCUT2D eigenvalue weighted by molar-refractivity contribution is 0.102. The molecule has 0 amide bonds. The van der Waals surface area contributed by atoms with Crippen LogP contribution in [-0.4, -0.2) is 10.7 Å². The lowest BCUT2D eigenvalue weighted by Gasteiger charge is -2.18. The third kappa shape index (κ3) is 4.35. The Morgan fingerprint density at radius 3 is 2.25 bits per heavy atom. The standard InChI is InChI=1S/C11H20O/c1-6-11(5,12)8-7-10(4)9(2)3/h6,12H,1,7-8H2,2-5H3. The predicted molar refractivity (Wildman–Crippen MR) is 54.1 cm³/mol. The monoisotopic (exact) mass is 168 g/mol. The fourth-order valence-corrected chi connectivity index (χ4v) is 0.793. The molecule has 0 saturated heterocycles. The minimum absolute atomic E-state index is 0.712. The van der Waals surface area contributed by atoms with Crippen molar-refractivity contribution >= 4 is 0 Å². The molecule has 0 aliphatic heterocycles. The van der Waals surface area contributed by atoms with Gasteiger partial charge in [-0.2, -0.15) is 0 Å². The molecule has 0 bridgehead atoms. The minimum atomic E-state index is -0.712. The molecule has 1 atom stereocenters. The predicted octanol–water partition coefficient (Wildman–Crippen LogP) is 3.06. The molecule has 0 heterocycles. The van der Waals surface area contributed by atoms with Crippen LogP contribution in [0.15, 0.2) is 23.8 Å². The fraction of sp³-hybridized carbons (Fsp3) is 0.636. The average Bonchev–Trinajstić information content (AvgIpc) is 2.00. The second kappa shape index (κ2) is 4.46. The van der Waals surface area contributed by atoms with Crippen LogP contribution in [0.25, 0.3) is 0 Å². The first-order chi connectivity index (χ1) is 5.39. The smallest absolute Gasteiger partial charge is 0.0800 e. The average molecular weight is 168 g/mol. The maximum Gasteiger partial charge on any atom is 0.0800 e. The number of hydrogen-bond acceptors (Lipinski definition) is 1. The number of allylic oxidation sites excluding steroid dienone is 2. The first kappa shape index (κ1) is 11.4. The van der Waals surface area contributed by atoms with E-state index < -0.39 is 5.60 Å². The zero-order chi connectivity index (χ0) is 9.78. The van der Waals surface area contributed by atoms with Gasteiger partial charge >= 0.3 is 0 Å². The van der Waals surface area contributed by atoms with E-state index >= 15 is 0 Å². The van der Waals surface area contributed by atoms with Crippen molar-refractivity contribution in [1.82, 2.24) is 0 Å². The second-order valence-electron chi connectivity index (χ2n) is 3.84. The van der Waals surface area contributed by atoms with Gasteiger partial charge in [0.1, 0.15) is 0 Å². The zero-order valence-electron chi connectivity index (χ0n) is 8.65. The Kier molecular flexibility index (Phi) is 4.25. The highest BCUT2D eigenvalue weighted by atomic mass is 16.3. The highest BCUT2D eigenvalue weighted by Crippen LogP contribution is 2.18. The van der Waals surface area contributed by atoms with E-state index in [4.69, 9.17) is 0 Å². The summed E-state index contributed by atoms with van der Waals surface area (Å²) < 4.78 is 0. The van der Waals surface area contributed by atoms with Crippen molar-refractivity contribution in [2.45, 2.75) is 46.1 Å². The molecule has 1 unspecified atom stereocenters. The van der Waals surface area contributed by atoms with Crippen LogP contribution in [0.2, 0.25) is 0 Å². The Labute approximate surface area is 75.8 Å². The van der Waals surface area contributed by atoms with Gasteiger partial charge in [0.05, 0.1) is 5.60 Å². The summed E-state index contributed by atoms with van der Waals surface area (Å²) in [6.45, 7) is 11.7. The summed E-state index contributed by atoms with van der Waals surface area (Å²) in [4.78, 5) is 0. The van der Waals surface area contributed by atoms with Gasteiger partial charge in [0, 0.05) is 0 Å². The van der Waals surface area contributed by atoms with Crippen molar-refractivity contribution in [3.8, 4) is 0 Å². The molecule has 0 aromatic heterocycles. The molecule has 1 heteroatoms. The van der Waals surface area contributed by atoms with Gasteiger partial charge in [-0.3, -0.25) is 0 Å². The van der Waals surface area contributed by atoms with Gasteiger partial charge in [-0.05, 0) is 40.5 Å². The van der Waals surface area contributed by atoms with E-state index in [0.717, 1.165) is 12.8 Å². The molecule has 0 aromatic rings. The fourth-order valence-electron chi connectivity index (χ4n) is 0.793.